The van der Waals surface area contributed by atoms with E-state index in [9.17, 15) is 23.1 Å². The number of alkyl halides is 3. The number of aromatic nitrogens is 3. The third-order valence-electron chi connectivity index (χ3n) is 5.77. The lowest BCUT2D eigenvalue weighted by Gasteiger charge is -2.32. The first kappa shape index (κ1) is 22.6. The van der Waals surface area contributed by atoms with Crippen LogP contribution < -0.4 is 9.64 Å². The molecule has 2 aromatic heterocycles. The monoisotopic (exact) mass is 460 g/mol. The summed E-state index contributed by atoms with van der Waals surface area (Å²) in [6.07, 6.45) is -0.413. The maximum Gasteiger partial charge on any atom is 0.432 e. The minimum atomic E-state index is -4.47. The number of nitrogens with zero attached hydrogens (tertiary/aromatic N) is 3. The summed E-state index contributed by atoms with van der Waals surface area (Å²) >= 11 is 0. The highest BCUT2D eigenvalue weighted by Crippen LogP contribution is 2.30. The van der Waals surface area contributed by atoms with Gasteiger partial charge in [0, 0.05) is 24.8 Å². The Hall–Kier alpha value is -3.56. The van der Waals surface area contributed by atoms with E-state index in [0.717, 1.165) is 37.9 Å². The highest BCUT2D eigenvalue weighted by atomic mass is 19.4. The summed E-state index contributed by atoms with van der Waals surface area (Å²) in [6, 6.07) is 8.55. The van der Waals surface area contributed by atoms with Gasteiger partial charge in [0.25, 0.3) is 0 Å². The lowest BCUT2D eigenvalue weighted by molar-refractivity contribution is -0.140. The highest BCUT2D eigenvalue weighted by Gasteiger charge is 2.33. The standard InChI is InChI=1S/C23H23F3N4O3/c1-14-2-4-17(10-18(14)22(31)32)33-13-15-6-8-30(9-7-15)20-5-3-16(11-27-20)21-28-12-19(29-21)23(24,25)26/h2-5,10-12,15H,6-9,13H2,1H3,(H,28,29)(H,31,32). The zero-order valence-corrected chi connectivity index (χ0v) is 17.9. The number of carboxylic acid groups (broad SMARTS) is 1. The van der Waals surface area contributed by atoms with Crippen molar-refractivity contribution in [1.29, 1.82) is 0 Å². The molecule has 1 aromatic carbocycles. The van der Waals surface area contributed by atoms with Gasteiger partial charge < -0.3 is 19.7 Å². The molecule has 1 saturated heterocycles. The molecule has 0 bridgehead atoms. The maximum absolute atomic E-state index is 12.7. The number of benzene rings is 1. The number of pyridine rings is 1. The Balaban J connectivity index is 1.30. The average molecular weight is 460 g/mol. The number of ether oxygens (including phenoxy) is 1. The molecule has 3 heterocycles. The number of imidazole rings is 1. The van der Waals surface area contributed by atoms with Gasteiger partial charge in [0.15, 0.2) is 0 Å². The van der Waals surface area contributed by atoms with Crippen LogP contribution in [0.15, 0.2) is 42.7 Å². The van der Waals surface area contributed by atoms with Crippen molar-refractivity contribution >= 4 is 11.8 Å². The number of anilines is 1. The topological polar surface area (TPSA) is 91.3 Å². The van der Waals surface area contributed by atoms with E-state index in [1.807, 2.05) is 0 Å². The molecule has 3 aromatic rings. The van der Waals surface area contributed by atoms with E-state index < -0.39 is 17.8 Å². The van der Waals surface area contributed by atoms with E-state index in [0.29, 0.717) is 29.4 Å². The third-order valence-corrected chi connectivity index (χ3v) is 5.77. The number of carbonyl (C=O) groups is 1. The van der Waals surface area contributed by atoms with Crippen molar-refractivity contribution in [3.8, 4) is 17.1 Å². The number of hydrogen-bond donors (Lipinski definition) is 2. The predicted molar refractivity (Wildman–Crippen MR) is 115 cm³/mol. The van der Waals surface area contributed by atoms with Gasteiger partial charge in [-0.15, -0.1) is 0 Å². The SMILES string of the molecule is Cc1ccc(OCC2CCN(c3ccc(-c4ncc(C(F)(F)F)[nH]4)cn3)CC2)cc1C(=O)O. The van der Waals surface area contributed by atoms with Crippen LogP contribution in [0.3, 0.4) is 0 Å². The Kier molecular flexibility index (Phi) is 6.26. The quantitative estimate of drug-likeness (QED) is 0.550. The fourth-order valence-electron chi connectivity index (χ4n) is 3.79. The molecular weight excluding hydrogens is 437 g/mol. The van der Waals surface area contributed by atoms with E-state index >= 15 is 0 Å². The number of piperidine rings is 1. The van der Waals surface area contributed by atoms with Crippen molar-refractivity contribution in [3.05, 3.63) is 59.5 Å². The Morgan fingerprint density at radius 3 is 2.55 bits per heavy atom. The van der Waals surface area contributed by atoms with Crippen LogP contribution in [0.2, 0.25) is 0 Å². The lowest BCUT2D eigenvalue weighted by Crippen LogP contribution is -2.36. The van der Waals surface area contributed by atoms with Crippen LogP contribution in [0.5, 0.6) is 5.75 Å². The molecule has 0 amide bonds. The van der Waals surface area contributed by atoms with Gasteiger partial charge in [-0.05, 0) is 55.5 Å². The summed E-state index contributed by atoms with van der Waals surface area (Å²) in [5.74, 6) is 0.783. The molecule has 1 fully saturated rings. The first-order chi connectivity index (χ1) is 15.7. The Morgan fingerprint density at radius 1 is 1.18 bits per heavy atom. The normalized spacial score (nSPS) is 15.0. The van der Waals surface area contributed by atoms with E-state index in [-0.39, 0.29) is 11.4 Å². The van der Waals surface area contributed by atoms with Gasteiger partial charge in [-0.3, -0.25) is 0 Å². The van der Waals surface area contributed by atoms with Gasteiger partial charge in [0.2, 0.25) is 0 Å². The van der Waals surface area contributed by atoms with Crippen LogP contribution in [-0.4, -0.2) is 45.7 Å². The number of halogens is 3. The van der Waals surface area contributed by atoms with E-state index in [1.165, 1.54) is 6.20 Å². The summed E-state index contributed by atoms with van der Waals surface area (Å²) in [6.45, 7) is 3.79. The van der Waals surface area contributed by atoms with Crippen molar-refractivity contribution in [2.75, 3.05) is 24.6 Å². The fraction of sp³-hybridized carbons (Fsp3) is 0.348. The largest absolute Gasteiger partial charge is 0.493 e. The van der Waals surface area contributed by atoms with Crippen LogP contribution in [0, 0.1) is 12.8 Å². The van der Waals surface area contributed by atoms with Crippen LogP contribution in [0.25, 0.3) is 11.4 Å². The van der Waals surface area contributed by atoms with E-state index in [1.54, 1.807) is 37.3 Å². The molecule has 33 heavy (non-hydrogen) atoms. The number of aromatic amines is 1. The molecule has 1 aliphatic heterocycles. The minimum absolute atomic E-state index is 0.124. The molecule has 10 heteroatoms. The molecule has 1 aliphatic rings. The zero-order valence-electron chi connectivity index (χ0n) is 17.9. The van der Waals surface area contributed by atoms with Crippen molar-refractivity contribution < 1.29 is 27.8 Å². The molecule has 0 spiro atoms. The minimum Gasteiger partial charge on any atom is -0.493 e. The second-order valence-electron chi connectivity index (χ2n) is 8.07. The van der Waals surface area contributed by atoms with Crippen LogP contribution in [0.1, 0.15) is 34.5 Å². The van der Waals surface area contributed by atoms with Gasteiger partial charge in [0.05, 0.1) is 18.4 Å². The van der Waals surface area contributed by atoms with Crippen molar-refractivity contribution in [2.45, 2.75) is 25.9 Å². The van der Waals surface area contributed by atoms with Crippen molar-refractivity contribution in [1.82, 2.24) is 15.0 Å². The van der Waals surface area contributed by atoms with Crippen molar-refractivity contribution in [2.24, 2.45) is 5.92 Å². The number of aromatic carboxylic acids is 1. The summed E-state index contributed by atoms with van der Waals surface area (Å²) in [5.41, 5.74) is 0.516. The average Bonchev–Trinajstić information content (AvgIpc) is 3.30. The smallest absolute Gasteiger partial charge is 0.432 e. The number of carboxylic acids is 1. The molecule has 0 atom stereocenters. The Bertz CT molecular complexity index is 1120. The molecule has 0 aliphatic carbocycles. The zero-order chi connectivity index (χ0) is 23.6. The number of hydrogen-bond acceptors (Lipinski definition) is 5. The van der Waals surface area contributed by atoms with Crippen LogP contribution in [-0.2, 0) is 6.18 Å². The first-order valence-corrected chi connectivity index (χ1v) is 10.5. The van der Waals surface area contributed by atoms with Gasteiger partial charge in [-0.2, -0.15) is 13.2 Å². The molecule has 7 nitrogen and oxygen atoms in total. The summed E-state index contributed by atoms with van der Waals surface area (Å²) in [4.78, 5) is 23.9. The van der Waals surface area contributed by atoms with Crippen molar-refractivity contribution in [3.63, 3.8) is 0 Å². The maximum atomic E-state index is 12.7. The van der Waals surface area contributed by atoms with E-state index in [4.69, 9.17) is 4.74 Å². The second-order valence-corrected chi connectivity index (χ2v) is 8.07. The lowest BCUT2D eigenvalue weighted by atomic mass is 9.97. The molecule has 0 radical (unpaired) electrons. The Morgan fingerprint density at radius 2 is 1.94 bits per heavy atom. The van der Waals surface area contributed by atoms with Gasteiger partial charge in [0.1, 0.15) is 23.1 Å². The molecule has 2 N–H and O–H groups in total. The van der Waals surface area contributed by atoms with Crippen LogP contribution >= 0.6 is 0 Å². The number of rotatable bonds is 6. The summed E-state index contributed by atoms with van der Waals surface area (Å²) in [7, 11) is 0. The molecule has 0 unspecified atom stereocenters. The first-order valence-electron chi connectivity index (χ1n) is 10.5. The molecular formula is C23H23F3N4O3. The number of nitrogens with one attached hydrogen (secondary N) is 1. The fourth-order valence-corrected chi connectivity index (χ4v) is 3.79. The number of H-pyrrole nitrogens is 1. The van der Waals surface area contributed by atoms with Gasteiger partial charge >= 0.3 is 12.1 Å². The predicted octanol–water partition coefficient (Wildman–Crippen LogP) is 4.79. The van der Waals surface area contributed by atoms with Gasteiger partial charge in [-0.1, -0.05) is 6.07 Å². The second kappa shape index (κ2) is 9.13. The van der Waals surface area contributed by atoms with Gasteiger partial charge in [-0.25, -0.2) is 14.8 Å². The van der Waals surface area contributed by atoms with E-state index in [2.05, 4.69) is 19.9 Å². The summed E-state index contributed by atoms with van der Waals surface area (Å²) < 4.78 is 44.1. The Labute approximate surface area is 188 Å². The van der Waals surface area contributed by atoms with Crippen LogP contribution in [0.4, 0.5) is 19.0 Å². The molecule has 0 saturated carbocycles. The molecule has 4 rings (SSSR count). The highest BCUT2D eigenvalue weighted by molar-refractivity contribution is 5.89. The summed E-state index contributed by atoms with van der Waals surface area (Å²) in [5, 5.41) is 9.24. The third kappa shape index (κ3) is 5.27. The molecule has 174 valence electrons. The number of aryl methyl sites for hydroxylation is 1.